The number of pyridine rings is 1. The number of aromatic nitrogens is 1. The number of nitrogens with zero attached hydrogens (tertiary/aromatic N) is 3. The molecule has 3 aromatic rings. The minimum Gasteiger partial charge on any atom is -0.497 e. The maximum Gasteiger partial charge on any atom is 0.290 e. The van der Waals surface area contributed by atoms with Gasteiger partial charge in [0.2, 0.25) is 0 Å². The zero-order valence-electron chi connectivity index (χ0n) is 15.2. The third-order valence-electron chi connectivity index (χ3n) is 4.94. The smallest absolute Gasteiger partial charge is 0.290 e. The van der Waals surface area contributed by atoms with E-state index in [1.807, 2.05) is 6.07 Å². The number of aryl methyl sites for hydroxylation is 1. The number of benzene rings is 1. The van der Waals surface area contributed by atoms with E-state index in [9.17, 15) is 9.18 Å². The van der Waals surface area contributed by atoms with Crippen molar-refractivity contribution in [2.24, 2.45) is 0 Å². The highest BCUT2D eigenvalue weighted by Crippen LogP contribution is 2.27. The lowest BCUT2D eigenvalue weighted by Crippen LogP contribution is -2.49. The second-order valence-electron chi connectivity index (χ2n) is 6.53. The van der Waals surface area contributed by atoms with Crippen LogP contribution in [0.3, 0.4) is 0 Å². The molecule has 0 radical (unpaired) electrons. The molecule has 0 unspecified atom stereocenters. The van der Waals surface area contributed by atoms with Gasteiger partial charge in [0.25, 0.3) is 5.91 Å². The number of hydrogen-bond donors (Lipinski definition) is 0. The van der Waals surface area contributed by atoms with Gasteiger partial charge >= 0.3 is 0 Å². The number of carbonyl (C=O) groups is 1. The normalized spacial score (nSPS) is 14.6. The number of hydrogen-bond acceptors (Lipinski definition) is 5. The summed E-state index contributed by atoms with van der Waals surface area (Å²) >= 11 is 0. The zero-order valence-corrected chi connectivity index (χ0v) is 15.2. The van der Waals surface area contributed by atoms with E-state index in [0.717, 1.165) is 11.6 Å². The Morgan fingerprint density at radius 1 is 1.19 bits per heavy atom. The van der Waals surface area contributed by atoms with Crippen LogP contribution in [-0.4, -0.2) is 49.1 Å². The van der Waals surface area contributed by atoms with Gasteiger partial charge in [-0.15, -0.1) is 0 Å². The Labute approximate surface area is 156 Å². The third kappa shape index (κ3) is 3.20. The molecule has 6 nitrogen and oxygen atoms in total. The van der Waals surface area contributed by atoms with Crippen LogP contribution in [0.15, 0.2) is 40.9 Å². The predicted octanol–water partition coefficient (Wildman–Crippen LogP) is 3.25. The van der Waals surface area contributed by atoms with Gasteiger partial charge in [0.15, 0.2) is 5.76 Å². The van der Waals surface area contributed by atoms with E-state index in [0.29, 0.717) is 42.7 Å². The molecule has 1 aliphatic rings. The van der Waals surface area contributed by atoms with Crippen LogP contribution < -0.4 is 9.64 Å². The van der Waals surface area contributed by atoms with Crippen LogP contribution in [0, 0.1) is 12.7 Å². The molecule has 1 fully saturated rings. The van der Waals surface area contributed by atoms with Crippen LogP contribution >= 0.6 is 0 Å². The Morgan fingerprint density at radius 3 is 2.70 bits per heavy atom. The largest absolute Gasteiger partial charge is 0.497 e. The summed E-state index contributed by atoms with van der Waals surface area (Å²) in [6.45, 7) is 4.24. The van der Waals surface area contributed by atoms with E-state index in [1.54, 1.807) is 37.3 Å². The number of furan rings is 1. The quantitative estimate of drug-likeness (QED) is 0.709. The molecule has 0 aliphatic carbocycles. The van der Waals surface area contributed by atoms with Crippen molar-refractivity contribution in [3.8, 4) is 5.75 Å². The third-order valence-corrected chi connectivity index (χ3v) is 4.94. The van der Waals surface area contributed by atoms with Crippen molar-refractivity contribution >= 4 is 22.7 Å². The molecule has 27 heavy (non-hydrogen) atoms. The van der Waals surface area contributed by atoms with Crippen molar-refractivity contribution in [2.75, 3.05) is 38.2 Å². The lowest BCUT2D eigenvalue weighted by Gasteiger charge is -2.35. The number of rotatable bonds is 3. The van der Waals surface area contributed by atoms with Gasteiger partial charge in [0, 0.05) is 49.4 Å². The van der Waals surface area contributed by atoms with Gasteiger partial charge in [0.1, 0.15) is 23.0 Å². The molecule has 0 spiro atoms. The van der Waals surface area contributed by atoms with Gasteiger partial charge in [-0.3, -0.25) is 4.79 Å². The van der Waals surface area contributed by atoms with Gasteiger partial charge < -0.3 is 19.0 Å². The van der Waals surface area contributed by atoms with Crippen molar-refractivity contribution in [3.63, 3.8) is 0 Å². The van der Waals surface area contributed by atoms with E-state index in [4.69, 9.17) is 9.15 Å². The first kappa shape index (κ1) is 17.3. The Kier molecular flexibility index (Phi) is 4.43. The SMILES string of the molecule is COc1ccnc(N2CCN(C(=O)c3oc4ccc(F)cc4c3C)CC2)c1. The first-order chi connectivity index (χ1) is 13.1. The molecule has 3 heterocycles. The van der Waals surface area contributed by atoms with Crippen LogP contribution in [0.25, 0.3) is 11.0 Å². The molecule has 2 aromatic heterocycles. The number of anilines is 1. The molecule has 0 bridgehead atoms. The number of amides is 1. The predicted molar refractivity (Wildman–Crippen MR) is 99.8 cm³/mol. The summed E-state index contributed by atoms with van der Waals surface area (Å²) in [4.78, 5) is 21.2. The van der Waals surface area contributed by atoms with Crippen molar-refractivity contribution in [1.29, 1.82) is 0 Å². The lowest BCUT2D eigenvalue weighted by molar-refractivity contribution is 0.0716. The molecule has 0 saturated carbocycles. The molecule has 7 heteroatoms. The van der Waals surface area contributed by atoms with Gasteiger partial charge in [-0.05, 0) is 31.2 Å². The van der Waals surface area contributed by atoms with E-state index in [1.165, 1.54) is 12.1 Å². The Morgan fingerprint density at radius 2 is 1.96 bits per heavy atom. The van der Waals surface area contributed by atoms with E-state index >= 15 is 0 Å². The summed E-state index contributed by atoms with van der Waals surface area (Å²) in [6, 6.07) is 7.98. The number of ether oxygens (including phenoxy) is 1. The van der Waals surface area contributed by atoms with Crippen molar-refractivity contribution in [1.82, 2.24) is 9.88 Å². The zero-order chi connectivity index (χ0) is 19.0. The van der Waals surface area contributed by atoms with Crippen LogP contribution in [0.4, 0.5) is 10.2 Å². The number of halogens is 1. The molecule has 1 aliphatic heterocycles. The Bertz CT molecular complexity index is 993. The molecule has 1 aromatic carbocycles. The topological polar surface area (TPSA) is 58.8 Å². The summed E-state index contributed by atoms with van der Waals surface area (Å²) in [5.74, 6) is 1.36. The van der Waals surface area contributed by atoms with Gasteiger partial charge in [0.05, 0.1) is 7.11 Å². The monoisotopic (exact) mass is 369 g/mol. The fraction of sp³-hybridized carbons (Fsp3) is 0.300. The van der Waals surface area contributed by atoms with Crippen LogP contribution in [0.2, 0.25) is 0 Å². The summed E-state index contributed by atoms with van der Waals surface area (Å²) in [7, 11) is 1.62. The minimum absolute atomic E-state index is 0.164. The fourth-order valence-electron chi connectivity index (χ4n) is 3.38. The molecular formula is C20H20FN3O3. The lowest BCUT2D eigenvalue weighted by atomic mass is 10.1. The summed E-state index contributed by atoms with van der Waals surface area (Å²) in [5.41, 5.74) is 1.20. The highest BCUT2D eigenvalue weighted by Gasteiger charge is 2.27. The molecule has 0 atom stereocenters. The van der Waals surface area contributed by atoms with Crippen molar-refractivity contribution in [3.05, 3.63) is 53.7 Å². The summed E-state index contributed by atoms with van der Waals surface area (Å²) < 4.78 is 24.4. The molecular weight excluding hydrogens is 349 g/mol. The maximum absolute atomic E-state index is 13.5. The van der Waals surface area contributed by atoms with Crippen LogP contribution in [0.1, 0.15) is 16.1 Å². The molecule has 1 saturated heterocycles. The molecule has 1 amide bonds. The number of methoxy groups -OCH3 is 1. The fourth-order valence-corrected chi connectivity index (χ4v) is 3.38. The van der Waals surface area contributed by atoms with Crippen LogP contribution in [0.5, 0.6) is 5.75 Å². The average Bonchev–Trinajstić information content (AvgIpc) is 3.03. The standard InChI is InChI=1S/C20H20FN3O3/c1-13-16-11-14(21)3-4-17(16)27-19(13)20(25)24-9-7-23(8-10-24)18-12-15(26-2)5-6-22-18/h3-6,11-12H,7-10H2,1-2H3. The van der Waals surface area contributed by atoms with E-state index < -0.39 is 0 Å². The molecule has 4 rings (SSSR count). The van der Waals surface area contributed by atoms with E-state index in [2.05, 4.69) is 9.88 Å². The second-order valence-corrected chi connectivity index (χ2v) is 6.53. The van der Waals surface area contributed by atoms with Gasteiger partial charge in [-0.2, -0.15) is 0 Å². The summed E-state index contributed by atoms with van der Waals surface area (Å²) in [6.07, 6.45) is 1.71. The molecule has 0 N–H and O–H groups in total. The second kappa shape index (κ2) is 6.90. The maximum atomic E-state index is 13.5. The number of fused-ring (bicyclic) bond motifs is 1. The highest BCUT2D eigenvalue weighted by molar-refractivity contribution is 5.99. The summed E-state index contributed by atoms with van der Waals surface area (Å²) in [5, 5.41) is 0.637. The van der Waals surface area contributed by atoms with Gasteiger partial charge in [-0.1, -0.05) is 0 Å². The van der Waals surface area contributed by atoms with Gasteiger partial charge in [-0.25, -0.2) is 9.37 Å². The first-order valence-electron chi connectivity index (χ1n) is 8.80. The number of piperazine rings is 1. The van der Waals surface area contributed by atoms with E-state index in [-0.39, 0.29) is 17.5 Å². The number of carbonyl (C=O) groups excluding carboxylic acids is 1. The first-order valence-corrected chi connectivity index (χ1v) is 8.80. The minimum atomic E-state index is -0.343. The van der Waals surface area contributed by atoms with Crippen molar-refractivity contribution in [2.45, 2.75) is 6.92 Å². The Balaban J connectivity index is 1.49. The Hall–Kier alpha value is -3.09. The molecule has 140 valence electrons. The van der Waals surface area contributed by atoms with Crippen LogP contribution in [-0.2, 0) is 0 Å². The van der Waals surface area contributed by atoms with Crippen molar-refractivity contribution < 1.29 is 18.3 Å². The highest BCUT2D eigenvalue weighted by atomic mass is 19.1. The average molecular weight is 369 g/mol.